The second-order valence-corrected chi connectivity index (χ2v) is 8.04. The molecule has 1 aliphatic rings. The van der Waals surface area contributed by atoms with Crippen LogP contribution in [0.25, 0.3) is 22.2 Å². The average Bonchev–Trinajstić information content (AvgIpc) is 3.34. The van der Waals surface area contributed by atoms with E-state index in [4.69, 9.17) is 14.5 Å². The van der Waals surface area contributed by atoms with E-state index in [1.54, 1.807) is 25.1 Å². The summed E-state index contributed by atoms with van der Waals surface area (Å²) in [5.74, 6) is 0.806. The molecular formula is C27H22N4O4. The maximum absolute atomic E-state index is 13.2. The van der Waals surface area contributed by atoms with Crippen molar-refractivity contribution < 1.29 is 19.1 Å². The van der Waals surface area contributed by atoms with Crippen molar-refractivity contribution in [2.75, 3.05) is 12.1 Å². The summed E-state index contributed by atoms with van der Waals surface area (Å²) < 4.78 is 10.9. The minimum Gasteiger partial charge on any atom is -0.454 e. The number of fused-ring (bicyclic) bond motifs is 2. The Bertz CT molecular complexity index is 1500. The van der Waals surface area contributed by atoms with Gasteiger partial charge >= 0.3 is 0 Å². The highest BCUT2D eigenvalue weighted by Crippen LogP contribution is 2.36. The summed E-state index contributed by atoms with van der Waals surface area (Å²) in [7, 11) is 0. The zero-order valence-corrected chi connectivity index (χ0v) is 19.2. The predicted molar refractivity (Wildman–Crippen MR) is 134 cm³/mol. The molecule has 8 nitrogen and oxygen atoms in total. The molecule has 0 atom stereocenters. The molecule has 1 aromatic heterocycles. The molecule has 2 heterocycles. The number of para-hydroxylation sites is 1. The number of carbonyl (C=O) groups is 2. The lowest BCUT2D eigenvalue weighted by atomic mass is 10.0. The van der Waals surface area contributed by atoms with Crippen molar-refractivity contribution in [1.29, 1.82) is 0 Å². The van der Waals surface area contributed by atoms with Gasteiger partial charge in [-0.15, -0.1) is 0 Å². The number of nitrogens with zero attached hydrogens (tertiary/aromatic N) is 2. The molecule has 0 fully saturated rings. The molecule has 0 bridgehead atoms. The Balaban J connectivity index is 1.46. The fraction of sp³-hybridized carbons (Fsp3) is 0.111. The second kappa shape index (κ2) is 9.26. The first-order valence-corrected chi connectivity index (χ1v) is 11.0. The Kier molecular flexibility index (Phi) is 5.85. The number of hydrogen-bond acceptors (Lipinski definition) is 6. The predicted octanol–water partition coefficient (Wildman–Crippen LogP) is 4.74. The van der Waals surface area contributed by atoms with Crippen LogP contribution in [0.5, 0.6) is 11.5 Å². The van der Waals surface area contributed by atoms with Crippen LogP contribution < -0.4 is 20.2 Å². The fourth-order valence-corrected chi connectivity index (χ4v) is 3.85. The first-order valence-electron chi connectivity index (χ1n) is 11.0. The van der Waals surface area contributed by atoms with E-state index in [1.165, 1.54) is 6.92 Å². The maximum atomic E-state index is 13.2. The van der Waals surface area contributed by atoms with Gasteiger partial charge in [-0.1, -0.05) is 30.3 Å². The molecule has 3 aromatic carbocycles. The highest BCUT2D eigenvalue weighted by atomic mass is 16.7. The lowest BCUT2D eigenvalue weighted by Crippen LogP contribution is -2.20. The van der Waals surface area contributed by atoms with Gasteiger partial charge in [0.1, 0.15) is 0 Å². The topological polar surface area (TPSA) is 102 Å². The van der Waals surface area contributed by atoms with Crippen molar-refractivity contribution in [2.45, 2.75) is 13.8 Å². The number of anilines is 1. The summed E-state index contributed by atoms with van der Waals surface area (Å²) in [5.41, 5.74) is 7.27. The zero-order valence-electron chi connectivity index (χ0n) is 19.2. The van der Waals surface area contributed by atoms with E-state index in [2.05, 4.69) is 15.8 Å². The maximum Gasteiger partial charge on any atom is 0.272 e. The molecule has 5 rings (SSSR count). The summed E-state index contributed by atoms with van der Waals surface area (Å²) in [6.07, 6.45) is 0. The van der Waals surface area contributed by atoms with E-state index >= 15 is 0 Å². The minimum atomic E-state index is -0.358. The van der Waals surface area contributed by atoms with Crippen LogP contribution in [-0.2, 0) is 4.79 Å². The molecule has 2 amide bonds. The normalized spacial score (nSPS) is 12.5. The van der Waals surface area contributed by atoms with E-state index in [9.17, 15) is 9.59 Å². The van der Waals surface area contributed by atoms with E-state index in [0.29, 0.717) is 39.7 Å². The van der Waals surface area contributed by atoms with Gasteiger partial charge in [0.15, 0.2) is 11.5 Å². The van der Waals surface area contributed by atoms with Crippen molar-refractivity contribution >= 4 is 34.1 Å². The number of aromatic nitrogens is 1. The fourth-order valence-electron chi connectivity index (χ4n) is 3.85. The van der Waals surface area contributed by atoms with E-state index in [1.807, 2.05) is 54.6 Å². The van der Waals surface area contributed by atoms with Crippen LogP contribution in [0.1, 0.15) is 29.8 Å². The molecule has 0 spiro atoms. The molecule has 0 unspecified atom stereocenters. The summed E-state index contributed by atoms with van der Waals surface area (Å²) in [5, 5.41) is 7.76. The summed E-state index contributed by atoms with van der Waals surface area (Å²) in [6.45, 7) is 3.42. The van der Waals surface area contributed by atoms with Gasteiger partial charge in [0.2, 0.25) is 12.7 Å². The second-order valence-electron chi connectivity index (χ2n) is 8.04. The third-order valence-corrected chi connectivity index (χ3v) is 5.56. The summed E-state index contributed by atoms with van der Waals surface area (Å²) in [4.78, 5) is 29.3. The van der Waals surface area contributed by atoms with Crippen LogP contribution in [-0.4, -0.2) is 29.3 Å². The summed E-state index contributed by atoms with van der Waals surface area (Å²) >= 11 is 0. The van der Waals surface area contributed by atoms with Crippen molar-refractivity contribution in [1.82, 2.24) is 10.4 Å². The number of rotatable bonds is 5. The number of carbonyl (C=O) groups excluding carboxylic acids is 2. The molecule has 0 saturated heterocycles. The van der Waals surface area contributed by atoms with E-state index in [0.717, 1.165) is 16.5 Å². The van der Waals surface area contributed by atoms with Crippen molar-refractivity contribution in [3.63, 3.8) is 0 Å². The Morgan fingerprint density at radius 1 is 0.914 bits per heavy atom. The summed E-state index contributed by atoms with van der Waals surface area (Å²) in [6, 6.07) is 22.0. The Hall–Kier alpha value is -4.72. The number of pyridine rings is 1. The average molecular weight is 466 g/mol. The van der Waals surface area contributed by atoms with Crippen molar-refractivity contribution in [3.8, 4) is 22.8 Å². The van der Waals surface area contributed by atoms with Gasteiger partial charge in [-0.05, 0) is 55.0 Å². The van der Waals surface area contributed by atoms with Gasteiger partial charge in [-0.2, -0.15) is 5.10 Å². The molecule has 1 aliphatic heterocycles. The van der Waals surface area contributed by atoms with E-state index < -0.39 is 0 Å². The Labute approximate surface area is 201 Å². The standard InChI is InChI=1S/C27H22N4O4/c1-16(18-6-5-7-20(12-18)28-17(2)32)30-31-27(33)22-14-24(29-23-9-4-3-8-21(22)23)19-10-11-25-26(13-19)35-15-34-25/h3-14H,15H2,1-2H3,(H,28,32)(H,31,33)/b30-16-. The van der Waals surface area contributed by atoms with Crippen LogP contribution in [0.3, 0.4) is 0 Å². The molecule has 0 radical (unpaired) electrons. The van der Waals surface area contributed by atoms with Gasteiger partial charge < -0.3 is 14.8 Å². The largest absolute Gasteiger partial charge is 0.454 e. The number of ether oxygens (including phenoxy) is 2. The van der Waals surface area contributed by atoms with Crippen molar-refractivity contribution in [2.24, 2.45) is 5.10 Å². The quantitative estimate of drug-likeness (QED) is 0.327. The SMILES string of the molecule is CC(=O)Nc1cccc(/C(C)=N\NC(=O)c2cc(-c3ccc4c(c3)OCO4)nc3ccccc23)c1. The number of hydrazone groups is 1. The molecular weight excluding hydrogens is 444 g/mol. The highest BCUT2D eigenvalue weighted by molar-refractivity contribution is 6.08. The molecule has 174 valence electrons. The first-order chi connectivity index (χ1) is 17.0. The van der Waals surface area contributed by atoms with Gasteiger partial charge in [-0.3, -0.25) is 9.59 Å². The van der Waals surface area contributed by atoms with Crippen LogP contribution >= 0.6 is 0 Å². The van der Waals surface area contributed by atoms with Gasteiger partial charge in [0, 0.05) is 23.6 Å². The van der Waals surface area contributed by atoms with Crippen LogP contribution in [0.2, 0.25) is 0 Å². The lowest BCUT2D eigenvalue weighted by molar-refractivity contribution is -0.114. The van der Waals surface area contributed by atoms with E-state index in [-0.39, 0.29) is 18.6 Å². The molecule has 35 heavy (non-hydrogen) atoms. The molecule has 0 aliphatic carbocycles. The highest BCUT2D eigenvalue weighted by Gasteiger charge is 2.17. The van der Waals surface area contributed by atoms with Gasteiger partial charge in [-0.25, -0.2) is 10.4 Å². The van der Waals surface area contributed by atoms with Gasteiger partial charge in [0.05, 0.1) is 22.5 Å². The monoisotopic (exact) mass is 466 g/mol. The third kappa shape index (κ3) is 4.67. The molecule has 0 saturated carbocycles. The smallest absolute Gasteiger partial charge is 0.272 e. The number of amides is 2. The van der Waals surface area contributed by atoms with Crippen molar-refractivity contribution in [3.05, 3.63) is 83.9 Å². The first kappa shape index (κ1) is 22.1. The minimum absolute atomic E-state index is 0.159. The van der Waals surface area contributed by atoms with Crippen LogP contribution in [0.15, 0.2) is 77.9 Å². The Morgan fingerprint density at radius 2 is 1.74 bits per heavy atom. The third-order valence-electron chi connectivity index (χ3n) is 5.56. The zero-order chi connectivity index (χ0) is 24.4. The molecule has 2 N–H and O–H groups in total. The lowest BCUT2D eigenvalue weighted by Gasteiger charge is -2.10. The molecule has 8 heteroatoms. The number of hydrogen-bond donors (Lipinski definition) is 2. The van der Waals surface area contributed by atoms with Crippen LogP contribution in [0, 0.1) is 0 Å². The number of benzene rings is 3. The van der Waals surface area contributed by atoms with Gasteiger partial charge in [0.25, 0.3) is 5.91 Å². The van der Waals surface area contributed by atoms with Crippen LogP contribution in [0.4, 0.5) is 5.69 Å². The Morgan fingerprint density at radius 3 is 2.60 bits per heavy atom. The molecule has 4 aromatic rings. The number of nitrogens with one attached hydrogen (secondary N) is 2.